The third-order valence-electron chi connectivity index (χ3n) is 4.43. The lowest BCUT2D eigenvalue weighted by Gasteiger charge is -2.13. The van der Waals surface area contributed by atoms with Crippen LogP contribution in [0.4, 0.5) is 0 Å². The average Bonchev–Trinajstić information content (AvgIpc) is 3.18. The van der Waals surface area contributed by atoms with Crippen LogP contribution in [0.5, 0.6) is 0 Å². The van der Waals surface area contributed by atoms with Gasteiger partial charge < -0.3 is 9.09 Å². The molecule has 1 aromatic carbocycles. The molecule has 2 aromatic heterocycles. The first kappa shape index (κ1) is 17.7. The van der Waals surface area contributed by atoms with Crippen LogP contribution in [-0.2, 0) is 0 Å². The van der Waals surface area contributed by atoms with E-state index < -0.39 is 0 Å². The first-order chi connectivity index (χ1) is 12.4. The van der Waals surface area contributed by atoms with Crippen molar-refractivity contribution in [3.05, 3.63) is 58.7 Å². The van der Waals surface area contributed by atoms with Crippen LogP contribution in [-0.4, -0.2) is 14.7 Å². The lowest BCUT2D eigenvalue weighted by Crippen LogP contribution is -2.04. The Morgan fingerprint density at radius 2 is 1.88 bits per heavy atom. The molecule has 0 spiro atoms. The van der Waals surface area contributed by atoms with E-state index in [4.69, 9.17) is 4.52 Å². The van der Waals surface area contributed by atoms with Crippen molar-refractivity contribution in [1.29, 1.82) is 5.26 Å². The quantitative estimate of drug-likeness (QED) is 0.616. The molecule has 26 heavy (non-hydrogen) atoms. The minimum atomic E-state index is 0.234. The van der Waals surface area contributed by atoms with E-state index in [1.165, 1.54) is 0 Å². The van der Waals surface area contributed by atoms with E-state index in [1.807, 2.05) is 37.3 Å². The zero-order valence-corrected chi connectivity index (χ0v) is 15.7. The first-order valence-electron chi connectivity index (χ1n) is 8.62. The average molecular weight is 346 g/mol. The van der Waals surface area contributed by atoms with Gasteiger partial charge in [-0.05, 0) is 52.3 Å². The Morgan fingerprint density at radius 1 is 1.19 bits per heavy atom. The summed E-state index contributed by atoms with van der Waals surface area (Å²) in [5, 5.41) is 13.6. The molecule has 0 amide bonds. The van der Waals surface area contributed by atoms with E-state index >= 15 is 0 Å². The van der Waals surface area contributed by atoms with Crippen LogP contribution in [0.3, 0.4) is 0 Å². The van der Waals surface area contributed by atoms with E-state index in [0.29, 0.717) is 17.4 Å². The molecular formula is C21H22N4O. The fraction of sp³-hybridized carbons (Fsp3) is 0.286. The Bertz CT molecular complexity index is 998. The second kappa shape index (κ2) is 7.01. The molecule has 5 nitrogen and oxygen atoms in total. The number of rotatable bonds is 4. The Morgan fingerprint density at radius 3 is 2.46 bits per heavy atom. The predicted octanol–water partition coefficient (Wildman–Crippen LogP) is 5.11. The molecule has 3 aromatic rings. The summed E-state index contributed by atoms with van der Waals surface area (Å²) < 4.78 is 7.58. The molecule has 5 heteroatoms. The second-order valence-corrected chi connectivity index (χ2v) is 6.75. The Kier molecular flexibility index (Phi) is 4.77. The molecule has 0 fully saturated rings. The molecule has 0 aliphatic rings. The summed E-state index contributed by atoms with van der Waals surface area (Å²) >= 11 is 0. The van der Waals surface area contributed by atoms with Gasteiger partial charge in [0.25, 0.3) is 5.89 Å². The summed E-state index contributed by atoms with van der Waals surface area (Å²) in [5.74, 6) is 0.714. The molecule has 0 unspecified atom stereocenters. The van der Waals surface area contributed by atoms with Crippen LogP contribution in [0.25, 0.3) is 23.0 Å². The van der Waals surface area contributed by atoms with Crippen LogP contribution in [0, 0.1) is 32.1 Å². The number of hydrogen-bond donors (Lipinski definition) is 0. The molecule has 0 radical (unpaired) electrons. The lowest BCUT2D eigenvalue weighted by atomic mass is 10.1. The molecule has 2 heterocycles. The van der Waals surface area contributed by atoms with E-state index in [1.54, 1.807) is 0 Å². The van der Waals surface area contributed by atoms with Gasteiger partial charge in [0, 0.05) is 23.0 Å². The van der Waals surface area contributed by atoms with Crippen molar-refractivity contribution in [1.82, 2.24) is 14.7 Å². The number of aromatic nitrogens is 3. The van der Waals surface area contributed by atoms with Gasteiger partial charge in [0.1, 0.15) is 11.6 Å². The summed E-state index contributed by atoms with van der Waals surface area (Å²) in [7, 11) is 0. The predicted molar refractivity (Wildman–Crippen MR) is 102 cm³/mol. The fourth-order valence-corrected chi connectivity index (χ4v) is 3.19. The maximum atomic E-state index is 9.58. The molecule has 0 aliphatic carbocycles. The zero-order valence-electron chi connectivity index (χ0n) is 15.7. The number of benzene rings is 1. The van der Waals surface area contributed by atoms with Gasteiger partial charge in [0.05, 0.1) is 0 Å². The Balaban J connectivity index is 1.98. The topological polar surface area (TPSA) is 67.6 Å². The molecule has 132 valence electrons. The Hall–Kier alpha value is -3.13. The van der Waals surface area contributed by atoms with Crippen molar-refractivity contribution in [2.45, 2.75) is 40.7 Å². The van der Waals surface area contributed by atoms with Gasteiger partial charge in [-0.1, -0.05) is 35.0 Å². The van der Waals surface area contributed by atoms with Gasteiger partial charge in [-0.3, -0.25) is 0 Å². The van der Waals surface area contributed by atoms with Crippen LogP contribution in [0.15, 0.2) is 34.9 Å². The number of nitriles is 1. The molecule has 0 atom stereocenters. The highest BCUT2D eigenvalue weighted by Gasteiger charge is 2.15. The third kappa shape index (κ3) is 3.31. The fourth-order valence-electron chi connectivity index (χ4n) is 3.19. The molecule has 0 aliphatic heterocycles. The molecule has 0 saturated heterocycles. The minimum absolute atomic E-state index is 0.234. The van der Waals surface area contributed by atoms with Crippen molar-refractivity contribution >= 4 is 11.6 Å². The minimum Gasteiger partial charge on any atom is -0.346 e. The SMILES string of the molecule is Cc1ccc(-c2noc(/C(C#N)=C/c3cc(C)n(C(C)C)c3C)n2)cc1. The second-order valence-electron chi connectivity index (χ2n) is 6.75. The monoisotopic (exact) mass is 346 g/mol. The maximum Gasteiger partial charge on any atom is 0.268 e. The van der Waals surface area contributed by atoms with Crippen molar-refractivity contribution in [2.75, 3.05) is 0 Å². The highest BCUT2D eigenvalue weighted by molar-refractivity contribution is 5.87. The smallest absolute Gasteiger partial charge is 0.268 e. The summed E-state index contributed by atoms with van der Waals surface area (Å²) in [5.41, 5.74) is 5.65. The van der Waals surface area contributed by atoms with E-state index in [2.05, 4.69) is 54.5 Å². The van der Waals surface area contributed by atoms with E-state index in [9.17, 15) is 5.26 Å². The number of aryl methyl sites for hydroxylation is 2. The normalized spacial score (nSPS) is 11.8. The molecule has 0 N–H and O–H groups in total. The van der Waals surface area contributed by atoms with Gasteiger partial charge in [-0.2, -0.15) is 10.2 Å². The summed E-state index contributed by atoms with van der Waals surface area (Å²) in [6, 6.07) is 12.5. The van der Waals surface area contributed by atoms with E-state index in [-0.39, 0.29) is 5.89 Å². The summed E-state index contributed by atoms with van der Waals surface area (Å²) in [6.45, 7) is 10.4. The van der Waals surface area contributed by atoms with Crippen LogP contribution >= 0.6 is 0 Å². The highest BCUT2D eigenvalue weighted by atomic mass is 16.5. The maximum absolute atomic E-state index is 9.58. The molecule has 0 saturated carbocycles. The summed E-state index contributed by atoms with van der Waals surface area (Å²) in [4.78, 5) is 4.40. The number of allylic oxidation sites excluding steroid dienone is 1. The van der Waals surface area contributed by atoms with Gasteiger partial charge in [0.15, 0.2) is 0 Å². The molecule has 0 bridgehead atoms. The van der Waals surface area contributed by atoms with Crippen molar-refractivity contribution in [3.8, 4) is 17.5 Å². The zero-order chi connectivity index (χ0) is 18.8. The van der Waals surface area contributed by atoms with Crippen LogP contribution < -0.4 is 0 Å². The lowest BCUT2D eigenvalue weighted by molar-refractivity contribution is 0.409. The van der Waals surface area contributed by atoms with Gasteiger partial charge in [0.2, 0.25) is 5.82 Å². The first-order valence-corrected chi connectivity index (χ1v) is 8.62. The van der Waals surface area contributed by atoms with Crippen molar-refractivity contribution in [3.63, 3.8) is 0 Å². The van der Waals surface area contributed by atoms with Crippen LogP contribution in [0.1, 0.15) is 48.3 Å². The standard InChI is InChI=1S/C21H22N4O/c1-13(2)25-15(4)10-18(16(25)5)11-19(12-22)21-23-20(24-26-21)17-8-6-14(3)7-9-17/h6-11,13H,1-5H3/b19-11+. The van der Waals surface area contributed by atoms with Gasteiger partial charge in [-0.15, -0.1) is 0 Å². The largest absolute Gasteiger partial charge is 0.346 e. The van der Waals surface area contributed by atoms with Crippen molar-refractivity contribution in [2.24, 2.45) is 0 Å². The van der Waals surface area contributed by atoms with Gasteiger partial charge in [-0.25, -0.2) is 0 Å². The van der Waals surface area contributed by atoms with Crippen LogP contribution in [0.2, 0.25) is 0 Å². The molecule has 3 rings (SSSR count). The Labute approximate surface area is 153 Å². The summed E-state index contributed by atoms with van der Waals surface area (Å²) in [6.07, 6.45) is 1.81. The van der Waals surface area contributed by atoms with Gasteiger partial charge >= 0.3 is 0 Å². The third-order valence-corrected chi connectivity index (χ3v) is 4.43. The molecular weight excluding hydrogens is 324 g/mol. The highest BCUT2D eigenvalue weighted by Crippen LogP contribution is 2.25. The van der Waals surface area contributed by atoms with E-state index in [0.717, 1.165) is 28.1 Å². The van der Waals surface area contributed by atoms with Crippen molar-refractivity contribution < 1.29 is 4.52 Å². The number of hydrogen-bond acceptors (Lipinski definition) is 4. The number of nitrogens with zero attached hydrogens (tertiary/aromatic N) is 4.